The highest BCUT2D eigenvalue weighted by Gasteiger charge is 2.16. The highest BCUT2D eigenvalue weighted by Crippen LogP contribution is 2.26. The van der Waals surface area contributed by atoms with E-state index >= 15 is 0 Å². The Bertz CT molecular complexity index is 70.6. The van der Waals surface area contributed by atoms with Gasteiger partial charge in [0.1, 0.15) is 0 Å². The topological polar surface area (TPSA) is 0 Å². The van der Waals surface area contributed by atoms with Crippen molar-refractivity contribution in [3.63, 3.8) is 0 Å². The van der Waals surface area contributed by atoms with E-state index in [1.165, 1.54) is 32.1 Å². The minimum atomic E-state index is 0.465. The second-order valence-electron chi connectivity index (χ2n) is 3.13. The molecule has 0 spiro atoms. The summed E-state index contributed by atoms with van der Waals surface area (Å²) in [6.07, 6.45) is 6.72. The van der Waals surface area contributed by atoms with Crippen LogP contribution in [0.4, 0.5) is 0 Å². The first kappa shape index (κ1) is 7.40. The van der Waals surface area contributed by atoms with Crippen molar-refractivity contribution < 1.29 is 0 Å². The van der Waals surface area contributed by atoms with Crippen LogP contribution in [0.3, 0.4) is 0 Å². The van der Waals surface area contributed by atoms with Gasteiger partial charge >= 0.3 is 0 Å². The molecular formula is C8H15Cl. The van der Waals surface area contributed by atoms with E-state index < -0.39 is 0 Å². The summed E-state index contributed by atoms with van der Waals surface area (Å²) >= 11 is 6.07. The molecule has 0 aromatic rings. The van der Waals surface area contributed by atoms with Gasteiger partial charge in [-0.3, -0.25) is 0 Å². The molecule has 0 aliphatic heterocycles. The first-order valence-electron chi connectivity index (χ1n) is 3.95. The molecule has 0 bridgehead atoms. The van der Waals surface area contributed by atoms with Gasteiger partial charge in [-0.25, -0.2) is 0 Å². The number of hydrogen-bond donors (Lipinski definition) is 0. The van der Waals surface area contributed by atoms with Crippen molar-refractivity contribution in [1.29, 1.82) is 0 Å². The molecule has 9 heavy (non-hydrogen) atoms. The molecule has 0 aromatic heterocycles. The summed E-state index contributed by atoms with van der Waals surface area (Å²) in [4.78, 5) is 0. The van der Waals surface area contributed by atoms with Crippen molar-refractivity contribution in [2.75, 3.05) is 0 Å². The molecule has 1 rings (SSSR count). The molecule has 1 heteroatoms. The lowest BCUT2D eigenvalue weighted by molar-refractivity contribution is 0.512. The van der Waals surface area contributed by atoms with Crippen LogP contribution >= 0.6 is 11.6 Å². The first-order chi connectivity index (χ1) is 4.30. The predicted molar refractivity (Wildman–Crippen MR) is 41.9 cm³/mol. The van der Waals surface area contributed by atoms with Gasteiger partial charge in [0, 0.05) is 5.38 Å². The largest absolute Gasteiger partial charge is 0.123 e. The number of halogens is 1. The van der Waals surface area contributed by atoms with Crippen LogP contribution in [-0.2, 0) is 0 Å². The van der Waals surface area contributed by atoms with E-state index in [9.17, 15) is 0 Å². The minimum absolute atomic E-state index is 0.465. The van der Waals surface area contributed by atoms with Crippen molar-refractivity contribution >= 4 is 11.6 Å². The van der Waals surface area contributed by atoms with Gasteiger partial charge in [-0.05, 0) is 18.8 Å². The smallest absolute Gasteiger partial charge is 0.0361 e. The Morgan fingerprint density at radius 1 is 1.11 bits per heavy atom. The standard InChI is InChI=1S/C8H15Cl/c1-7-5-3-2-4-6-8(7)9/h7-8H,2-6H2,1H3. The third-order valence-electron chi connectivity index (χ3n) is 2.26. The van der Waals surface area contributed by atoms with Crippen LogP contribution in [-0.4, -0.2) is 5.38 Å². The van der Waals surface area contributed by atoms with Gasteiger partial charge < -0.3 is 0 Å². The van der Waals surface area contributed by atoms with E-state index in [4.69, 9.17) is 11.6 Å². The zero-order chi connectivity index (χ0) is 6.69. The van der Waals surface area contributed by atoms with Crippen LogP contribution in [0.15, 0.2) is 0 Å². The maximum absolute atomic E-state index is 6.07. The van der Waals surface area contributed by atoms with Crippen LogP contribution < -0.4 is 0 Å². The summed E-state index contributed by atoms with van der Waals surface area (Å²) in [6, 6.07) is 0. The van der Waals surface area contributed by atoms with Gasteiger partial charge in [-0.1, -0.05) is 26.2 Å². The van der Waals surface area contributed by atoms with E-state index in [1.807, 2.05) is 0 Å². The monoisotopic (exact) mass is 146 g/mol. The summed E-state index contributed by atoms with van der Waals surface area (Å²) in [5, 5.41) is 0.465. The van der Waals surface area contributed by atoms with E-state index in [-0.39, 0.29) is 0 Å². The average molecular weight is 147 g/mol. The normalized spacial score (nSPS) is 38.0. The highest BCUT2D eigenvalue weighted by atomic mass is 35.5. The van der Waals surface area contributed by atoms with Crippen molar-refractivity contribution in [3.05, 3.63) is 0 Å². The Morgan fingerprint density at radius 2 is 1.78 bits per heavy atom. The Labute approximate surface area is 62.6 Å². The molecule has 54 valence electrons. The third-order valence-corrected chi connectivity index (χ3v) is 2.91. The lowest BCUT2D eigenvalue weighted by atomic mass is 10.0. The Kier molecular flexibility index (Phi) is 2.84. The van der Waals surface area contributed by atoms with Crippen LogP contribution in [0.25, 0.3) is 0 Å². The molecule has 0 saturated heterocycles. The molecule has 0 nitrogen and oxygen atoms in total. The average Bonchev–Trinajstić information content (AvgIpc) is 1.99. The predicted octanol–water partition coefficient (Wildman–Crippen LogP) is 3.19. The first-order valence-corrected chi connectivity index (χ1v) is 4.38. The van der Waals surface area contributed by atoms with Crippen molar-refractivity contribution in [1.82, 2.24) is 0 Å². The van der Waals surface area contributed by atoms with Crippen molar-refractivity contribution in [2.24, 2.45) is 5.92 Å². The number of alkyl halides is 1. The molecule has 0 heterocycles. The van der Waals surface area contributed by atoms with E-state index in [0.717, 1.165) is 5.92 Å². The molecule has 2 unspecified atom stereocenters. The van der Waals surface area contributed by atoms with Crippen LogP contribution in [0.1, 0.15) is 39.0 Å². The molecule has 2 atom stereocenters. The molecule has 1 fully saturated rings. The quantitative estimate of drug-likeness (QED) is 0.364. The maximum atomic E-state index is 6.07. The fraction of sp³-hybridized carbons (Fsp3) is 1.00. The summed E-state index contributed by atoms with van der Waals surface area (Å²) in [5.74, 6) is 0.758. The summed E-state index contributed by atoms with van der Waals surface area (Å²) in [7, 11) is 0. The van der Waals surface area contributed by atoms with Crippen molar-refractivity contribution in [2.45, 2.75) is 44.4 Å². The molecule has 1 aliphatic rings. The van der Waals surface area contributed by atoms with Crippen LogP contribution in [0.5, 0.6) is 0 Å². The van der Waals surface area contributed by atoms with Gasteiger partial charge in [0.25, 0.3) is 0 Å². The van der Waals surface area contributed by atoms with E-state index in [1.54, 1.807) is 0 Å². The minimum Gasteiger partial charge on any atom is -0.123 e. The zero-order valence-electron chi connectivity index (χ0n) is 6.07. The Morgan fingerprint density at radius 3 is 2.56 bits per heavy atom. The molecule has 0 amide bonds. The maximum Gasteiger partial charge on any atom is 0.0361 e. The molecule has 0 aromatic carbocycles. The van der Waals surface area contributed by atoms with Gasteiger partial charge in [-0.2, -0.15) is 0 Å². The van der Waals surface area contributed by atoms with Gasteiger partial charge in [0.15, 0.2) is 0 Å². The fourth-order valence-electron chi connectivity index (χ4n) is 1.45. The van der Waals surface area contributed by atoms with Gasteiger partial charge in [0.05, 0.1) is 0 Å². The molecule has 0 radical (unpaired) electrons. The van der Waals surface area contributed by atoms with E-state index in [0.29, 0.717) is 5.38 Å². The highest BCUT2D eigenvalue weighted by molar-refractivity contribution is 6.20. The summed E-state index contributed by atoms with van der Waals surface area (Å²) in [5.41, 5.74) is 0. The number of hydrogen-bond acceptors (Lipinski definition) is 0. The van der Waals surface area contributed by atoms with Crippen LogP contribution in [0, 0.1) is 5.92 Å². The zero-order valence-corrected chi connectivity index (χ0v) is 6.82. The summed E-state index contributed by atoms with van der Waals surface area (Å²) in [6.45, 7) is 2.27. The Balaban J connectivity index is 2.32. The van der Waals surface area contributed by atoms with Crippen molar-refractivity contribution in [3.8, 4) is 0 Å². The Hall–Kier alpha value is 0.290. The lowest BCUT2D eigenvalue weighted by Gasteiger charge is -2.12. The molecular weight excluding hydrogens is 132 g/mol. The SMILES string of the molecule is CC1CCCCCC1Cl. The molecule has 1 saturated carbocycles. The second kappa shape index (κ2) is 3.46. The number of rotatable bonds is 0. The van der Waals surface area contributed by atoms with Crippen LogP contribution in [0.2, 0.25) is 0 Å². The van der Waals surface area contributed by atoms with E-state index in [2.05, 4.69) is 6.92 Å². The molecule has 0 N–H and O–H groups in total. The fourth-order valence-corrected chi connectivity index (χ4v) is 1.73. The third kappa shape index (κ3) is 2.17. The van der Waals surface area contributed by atoms with Gasteiger partial charge in [0.2, 0.25) is 0 Å². The molecule has 1 aliphatic carbocycles. The van der Waals surface area contributed by atoms with Gasteiger partial charge in [-0.15, -0.1) is 11.6 Å². The summed E-state index contributed by atoms with van der Waals surface area (Å²) < 4.78 is 0. The lowest BCUT2D eigenvalue weighted by Crippen LogP contribution is -2.07. The second-order valence-corrected chi connectivity index (χ2v) is 3.69.